The standard InChI is InChI=1S/C16H19BrN2O2/c1-10(16(20)21-4)8-15-11(2)18-19(12(15)3)14-7-5-6-13(17)9-14/h5-7,9-10H,8H2,1-4H3. The molecule has 2 rings (SSSR count). The van der Waals surface area contributed by atoms with Gasteiger partial charge in [-0.3, -0.25) is 4.79 Å². The van der Waals surface area contributed by atoms with Crippen LogP contribution in [0.2, 0.25) is 0 Å². The second-order valence-electron chi connectivity index (χ2n) is 5.17. The molecule has 0 fully saturated rings. The summed E-state index contributed by atoms with van der Waals surface area (Å²) in [6.45, 7) is 5.88. The van der Waals surface area contributed by atoms with Crippen LogP contribution in [0, 0.1) is 19.8 Å². The highest BCUT2D eigenvalue weighted by molar-refractivity contribution is 9.10. The lowest BCUT2D eigenvalue weighted by molar-refractivity contribution is -0.144. The van der Waals surface area contributed by atoms with Crippen LogP contribution in [0.4, 0.5) is 0 Å². The van der Waals surface area contributed by atoms with Crippen LogP contribution in [0.15, 0.2) is 28.7 Å². The third-order valence-electron chi connectivity index (χ3n) is 3.61. The molecule has 112 valence electrons. The molecule has 0 N–H and O–H groups in total. The van der Waals surface area contributed by atoms with E-state index in [2.05, 4.69) is 21.0 Å². The molecule has 1 heterocycles. The van der Waals surface area contributed by atoms with Gasteiger partial charge in [0.15, 0.2) is 0 Å². The van der Waals surface area contributed by atoms with Crippen LogP contribution in [-0.4, -0.2) is 22.9 Å². The summed E-state index contributed by atoms with van der Waals surface area (Å²) in [5, 5.41) is 4.60. The van der Waals surface area contributed by atoms with Crippen molar-refractivity contribution in [3.63, 3.8) is 0 Å². The number of rotatable bonds is 4. The van der Waals surface area contributed by atoms with Crippen LogP contribution in [-0.2, 0) is 16.0 Å². The largest absolute Gasteiger partial charge is 0.469 e. The number of aromatic nitrogens is 2. The monoisotopic (exact) mass is 350 g/mol. The number of ether oxygens (including phenoxy) is 1. The number of carbonyl (C=O) groups excluding carboxylic acids is 1. The third-order valence-corrected chi connectivity index (χ3v) is 4.10. The van der Waals surface area contributed by atoms with Crippen molar-refractivity contribution in [2.75, 3.05) is 7.11 Å². The molecule has 0 spiro atoms. The van der Waals surface area contributed by atoms with Gasteiger partial charge in [0.1, 0.15) is 0 Å². The van der Waals surface area contributed by atoms with E-state index in [1.807, 2.05) is 49.7 Å². The number of benzene rings is 1. The summed E-state index contributed by atoms with van der Waals surface area (Å²) >= 11 is 3.48. The van der Waals surface area contributed by atoms with Crippen molar-refractivity contribution >= 4 is 21.9 Å². The summed E-state index contributed by atoms with van der Waals surface area (Å²) in [6.07, 6.45) is 0.637. The van der Waals surface area contributed by atoms with E-state index < -0.39 is 0 Å². The van der Waals surface area contributed by atoms with E-state index in [9.17, 15) is 4.79 Å². The zero-order chi connectivity index (χ0) is 15.6. The van der Waals surface area contributed by atoms with Crippen molar-refractivity contribution in [2.45, 2.75) is 27.2 Å². The number of nitrogens with zero attached hydrogens (tertiary/aromatic N) is 2. The van der Waals surface area contributed by atoms with Crippen molar-refractivity contribution in [2.24, 2.45) is 5.92 Å². The summed E-state index contributed by atoms with van der Waals surface area (Å²) in [4.78, 5) is 11.6. The van der Waals surface area contributed by atoms with Crippen molar-refractivity contribution in [3.05, 3.63) is 45.7 Å². The molecule has 0 radical (unpaired) electrons. The summed E-state index contributed by atoms with van der Waals surface area (Å²) in [7, 11) is 1.42. The Morgan fingerprint density at radius 2 is 2.14 bits per heavy atom. The van der Waals surface area contributed by atoms with E-state index in [0.717, 1.165) is 27.1 Å². The Kier molecular flexibility index (Phi) is 4.83. The number of halogens is 1. The molecule has 1 aromatic heterocycles. The molecule has 2 aromatic rings. The Balaban J connectivity index is 2.36. The first-order chi connectivity index (χ1) is 9.93. The highest BCUT2D eigenvalue weighted by Gasteiger charge is 2.20. The van der Waals surface area contributed by atoms with E-state index in [1.165, 1.54) is 7.11 Å². The van der Waals surface area contributed by atoms with Crippen molar-refractivity contribution in [1.82, 2.24) is 9.78 Å². The molecule has 0 aliphatic rings. The second kappa shape index (κ2) is 6.43. The fourth-order valence-electron chi connectivity index (χ4n) is 2.42. The molecule has 0 aliphatic heterocycles. The van der Waals surface area contributed by atoms with E-state index in [1.54, 1.807) is 0 Å². The average molecular weight is 351 g/mol. The van der Waals surface area contributed by atoms with Gasteiger partial charge in [-0.1, -0.05) is 28.9 Å². The van der Waals surface area contributed by atoms with Crippen molar-refractivity contribution in [1.29, 1.82) is 0 Å². The van der Waals surface area contributed by atoms with Gasteiger partial charge in [-0.2, -0.15) is 5.10 Å². The third kappa shape index (κ3) is 3.35. The highest BCUT2D eigenvalue weighted by Crippen LogP contribution is 2.23. The van der Waals surface area contributed by atoms with Gasteiger partial charge in [-0.25, -0.2) is 4.68 Å². The summed E-state index contributed by atoms with van der Waals surface area (Å²) < 4.78 is 7.73. The Morgan fingerprint density at radius 1 is 1.43 bits per heavy atom. The predicted molar refractivity (Wildman–Crippen MR) is 85.6 cm³/mol. The van der Waals surface area contributed by atoms with E-state index in [-0.39, 0.29) is 11.9 Å². The average Bonchev–Trinajstić information content (AvgIpc) is 2.74. The molecule has 0 saturated heterocycles. The van der Waals surface area contributed by atoms with Gasteiger partial charge in [0.25, 0.3) is 0 Å². The lowest BCUT2D eigenvalue weighted by atomic mass is 10.00. The number of esters is 1. The van der Waals surface area contributed by atoms with Crippen LogP contribution in [0.3, 0.4) is 0 Å². The number of hydrogen-bond acceptors (Lipinski definition) is 3. The normalized spacial score (nSPS) is 12.2. The predicted octanol–water partition coefficient (Wildman–Crippen LogP) is 3.60. The summed E-state index contributed by atoms with van der Waals surface area (Å²) in [5.74, 6) is -0.364. The molecular formula is C16H19BrN2O2. The van der Waals surface area contributed by atoms with E-state index >= 15 is 0 Å². The fourth-order valence-corrected chi connectivity index (χ4v) is 2.81. The quantitative estimate of drug-likeness (QED) is 0.791. The number of carbonyl (C=O) groups is 1. The molecule has 0 saturated carbocycles. The van der Waals surface area contributed by atoms with Gasteiger partial charge in [0.05, 0.1) is 24.4 Å². The molecule has 0 bridgehead atoms. The number of hydrogen-bond donors (Lipinski definition) is 0. The fraction of sp³-hybridized carbons (Fsp3) is 0.375. The maximum Gasteiger partial charge on any atom is 0.308 e. The number of aryl methyl sites for hydroxylation is 1. The zero-order valence-corrected chi connectivity index (χ0v) is 14.3. The van der Waals surface area contributed by atoms with Crippen LogP contribution in [0.25, 0.3) is 5.69 Å². The summed E-state index contributed by atoms with van der Waals surface area (Å²) in [5.41, 5.74) is 4.11. The topological polar surface area (TPSA) is 44.1 Å². The molecule has 4 nitrogen and oxygen atoms in total. The molecule has 21 heavy (non-hydrogen) atoms. The maximum absolute atomic E-state index is 11.6. The molecule has 0 amide bonds. The van der Waals surface area contributed by atoms with Crippen LogP contribution < -0.4 is 0 Å². The van der Waals surface area contributed by atoms with Gasteiger partial charge in [-0.05, 0) is 44.0 Å². The molecule has 5 heteroatoms. The molecular weight excluding hydrogens is 332 g/mol. The van der Waals surface area contributed by atoms with Crippen molar-refractivity contribution in [3.8, 4) is 5.69 Å². The smallest absolute Gasteiger partial charge is 0.308 e. The first-order valence-corrected chi connectivity index (χ1v) is 7.62. The highest BCUT2D eigenvalue weighted by atomic mass is 79.9. The van der Waals surface area contributed by atoms with E-state index in [0.29, 0.717) is 6.42 Å². The van der Waals surface area contributed by atoms with E-state index in [4.69, 9.17) is 4.74 Å². The minimum atomic E-state index is -0.191. The SMILES string of the molecule is COC(=O)C(C)Cc1c(C)nn(-c2cccc(Br)c2)c1C. The second-order valence-corrected chi connectivity index (χ2v) is 6.09. The maximum atomic E-state index is 11.6. The molecule has 1 atom stereocenters. The lowest BCUT2D eigenvalue weighted by Gasteiger charge is -2.10. The molecule has 1 aromatic carbocycles. The van der Waals surface area contributed by atoms with Crippen LogP contribution >= 0.6 is 15.9 Å². The van der Waals surface area contributed by atoms with Gasteiger partial charge in [0.2, 0.25) is 0 Å². The van der Waals surface area contributed by atoms with Crippen LogP contribution in [0.5, 0.6) is 0 Å². The lowest BCUT2D eigenvalue weighted by Crippen LogP contribution is -2.15. The van der Waals surface area contributed by atoms with Crippen molar-refractivity contribution < 1.29 is 9.53 Å². The first-order valence-electron chi connectivity index (χ1n) is 6.83. The Hall–Kier alpha value is -1.62. The summed E-state index contributed by atoms with van der Waals surface area (Å²) in [6, 6.07) is 7.99. The first kappa shape index (κ1) is 15.8. The molecule has 0 aliphatic carbocycles. The van der Waals surface area contributed by atoms with Gasteiger partial charge < -0.3 is 4.74 Å². The zero-order valence-electron chi connectivity index (χ0n) is 12.7. The van der Waals surface area contributed by atoms with Crippen LogP contribution in [0.1, 0.15) is 23.9 Å². The molecule has 1 unspecified atom stereocenters. The Morgan fingerprint density at radius 3 is 2.76 bits per heavy atom. The Labute approximate surface area is 133 Å². The number of methoxy groups -OCH3 is 1. The Bertz CT molecular complexity index is 664. The van der Waals surface area contributed by atoms with Gasteiger partial charge in [-0.15, -0.1) is 0 Å². The minimum absolute atomic E-state index is 0.174. The van der Waals surface area contributed by atoms with Gasteiger partial charge in [0, 0.05) is 10.2 Å². The minimum Gasteiger partial charge on any atom is -0.469 e. The van der Waals surface area contributed by atoms with Gasteiger partial charge >= 0.3 is 5.97 Å².